The maximum absolute atomic E-state index is 2.13. The summed E-state index contributed by atoms with van der Waals surface area (Å²) in [6.07, 6.45) is 18.9. The first kappa shape index (κ1) is 16.8. The lowest BCUT2D eigenvalue weighted by molar-refractivity contribution is -0.462. The second-order valence-electron chi connectivity index (χ2n) is 5.88. The molecule has 118 valence electrons. The zero-order chi connectivity index (χ0) is 16.7. The number of rotatable bonds is 4. The predicted molar refractivity (Wildman–Crippen MR) is 102 cm³/mol. The fourth-order valence-electron chi connectivity index (χ4n) is 2.16. The van der Waals surface area contributed by atoms with Crippen LogP contribution in [-0.4, -0.2) is 38.5 Å². The van der Waals surface area contributed by atoms with E-state index in [1.54, 1.807) is 0 Å². The van der Waals surface area contributed by atoms with Crippen molar-refractivity contribution in [3.63, 3.8) is 0 Å². The average Bonchev–Trinajstić information content (AvgIpc) is 2.55. The summed E-state index contributed by atoms with van der Waals surface area (Å²) in [5.74, 6) is 0. The maximum atomic E-state index is 2.13. The van der Waals surface area contributed by atoms with Crippen LogP contribution in [-0.2, 0) is 0 Å². The van der Waals surface area contributed by atoms with Crippen LogP contribution in [0.2, 0.25) is 0 Å². The zero-order valence-electron chi connectivity index (χ0n) is 14.4. The monoisotopic (exact) mass is 305 g/mol. The van der Waals surface area contributed by atoms with E-state index >= 15 is 0 Å². The summed E-state index contributed by atoms with van der Waals surface area (Å²) in [4.78, 5) is 2.10. The first-order valence-electron chi connectivity index (χ1n) is 7.79. The van der Waals surface area contributed by atoms with Gasteiger partial charge in [-0.3, -0.25) is 0 Å². The third-order valence-corrected chi connectivity index (χ3v) is 3.62. The minimum absolute atomic E-state index is 1.20. The van der Waals surface area contributed by atoms with Gasteiger partial charge in [0, 0.05) is 31.9 Å². The summed E-state index contributed by atoms with van der Waals surface area (Å²) in [6, 6.07) is 8.51. The fourth-order valence-corrected chi connectivity index (χ4v) is 2.16. The number of anilines is 1. The van der Waals surface area contributed by atoms with Crippen LogP contribution in [0.1, 0.15) is 5.56 Å². The second-order valence-corrected chi connectivity index (χ2v) is 5.88. The van der Waals surface area contributed by atoms with Crippen molar-refractivity contribution >= 4 is 17.5 Å². The summed E-state index contributed by atoms with van der Waals surface area (Å²) in [5.41, 5.74) is 4.84. The van der Waals surface area contributed by atoms with E-state index in [0.29, 0.717) is 0 Å². The normalized spacial score (nSPS) is 14.1. The standard InChI is InChI=1S/C21H25N2/c1-22(2)20-14-10-18(11-15-20)8-6-5-7-9-19-12-16-21(17-13-19)23(3)4/h5-17H,1-4H3/q+1. The molecule has 2 nitrogen and oxygen atoms in total. The minimum Gasteiger partial charge on any atom is -0.378 e. The van der Waals surface area contributed by atoms with E-state index in [2.05, 4.69) is 117 Å². The van der Waals surface area contributed by atoms with Gasteiger partial charge in [-0.1, -0.05) is 42.5 Å². The quantitative estimate of drug-likeness (QED) is 0.600. The van der Waals surface area contributed by atoms with Gasteiger partial charge in [-0.15, -0.1) is 0 Å². The van der Waals surface area contributed by atoms with Crippen molar-refractivity contribution in [3.8, 4) is 0 Å². The molecule has 0 radical (unpaired) electrons. The smallest absolute Gasteiger partial charge is 0.199 e. The third kappa shape index (κ3) is 5.26. The van der Waals surface area contributed by atoms with E-state index in [9.17, 15) is 0 Å². The van der Waals surface area contributed by atoms with Gasteiger partial charge in [-0.05, 0) is 35.4 Å². The Morgan fingerprint density at radius 1 is 0.826 bits per heavy atom. The highest BCUT2D eigenvalue weighted by Crippen LogP contribution is 2.13. The molecule has 0 spiro atoms. The molecule has 0 aromatic heterocycles. The van der Waals surface area contributed by atoms with Crippen molar-refractivity contribution in [1.82, 2.24) is 0 Å². The van der Waals surface area contributed by atoms with E-state index in [1.807, 2.05) is 0 Å². The Hall–Kier alpha value is -2.61. The van der Waals surface area contributed by atoms with Gasteiger partial charge in [-0.2, -0.15) is 0 Å². The van der Waals surface area contributed by atoms with Crippen molar-refractivity contribution in [1.29, 1.82) is 0 Å². The lowest BCUT2D eigenvalue weighted by atomic mass is 10.1. The molecule has 0 atom stereocenters. The van der Waals surface area contributed by atoms with Crippen LogP contribution in [0, 0.1) is 0 Å². The molecule has 0 aliphatic heterocycles. The summed E-state index contributed by atoms with van der Waals surface area (Å²) < 4.78 is 2.10. The largest absolute Gasteiger partial charge is 0.378 e. The van der Waals surface area contributed by atoms with Gasteiger partial charge in [0.05, 0.1) is 0 Å². The first-order valence-corrected chi connectivity index (χ1v) is 7.79. The Morgan fingerprint density at radius 3 is 2.04 bits per heavy atom. The Bertz CT molecular complexity index is 687. The van der Waals surface area contributed by atoms with Gasteiger partial charge in [0.25, 0.3) is 0 Å². The zero-order valence-corrected chi connectivity index (χ0v) is 14.4. The molecular weight excluding hydrogens is 280 g/mol. The highest BCUT2D eigenvalue weighted by atomic mass is 15.1. The van der Waals surface area contributed by atoms with Gasteiger partial charge in [-0.25, -0.2) is 4.58 Å². The molecule has 0 fully saturated rings. The number of benzene rings is 1. The molecule has 0 amide bonds. The van der Waals surface area contributed by atoms with E-state index in [1.165, 1.54) is 22.5 Å². The van der Waals surface area contributed by atoms with E-state index in [0.717, 1.165) is 0 Å². The van der Waals surface area contributed by atoms with Crippen molar-refractivity contribution in [2.45, 2.75) is 0 Å². The number of hydrogen-bond donors (Lipinski definition) is 0. The van der Waals surface area contributed by atoms with Crippen molar-refractivity contribution in [2.24, 2.45) is 0 Å². The second kappa shape index (κ2) is 8.14. The molecular formula is C21H25N2+. The lowest BCUT2D eigenvalue weighted by Crippen LogP contribution is -2.09. The number of hydrogen-bond acceptors (Lipinski definition) is 1. The number of allylic oxidation sites excluding steroid dienone is 9. The van der Waals surface area contributed by atoms with Crippen molar-refractivity contribution < 1.29 is 4.58 Å². The Balaban J connectivity index is 1.92. The van der Waals surface area contributed by atoms with Crippen LogP contribution in [0.5, 0.6) is 0 Å². The van der Waals surface area contributed by atoms with E-state index in [-0.39, 0.29) is 0 Å². The molecule has 2 rings (SSSR count). The molecule has 0 N–H and O–H groups in total. The molecule has 0 bridgehead atoms. The summed E-state index contributed by atoms with van der Waals surface area (Å²) in [7, 11) is 8.20. The molecule has 23 heavy (non-hydrogen) atoms. The predicted octanol–water partition coefficient (Wildman–Crippen LogP) is 4.09. The highest BCUT2D eigenvalue weighted by molar-refractivity contribution is 6.02. The van der Waals surface area contributed by atoms with Crippen LogP contribution in [0.4, 0.5) is 5.69 Å². The molecule has 1 aliphatic carbocycles. The maximum Gasteiger partial charge on any atom is 0.199 e. The highest BCUT2D eigenvalue weighted by Gasteiger charge is 2.02. The van der Waals surface area contributed by atoms with E-state index < -0.39 is 0 Å². The summed E-state index contributed by atoms with van der Waals surface area (Å²) in [6.45, 7) is 0. The van der Waals surface area contributed by atoms with Crippen LogP contribution in [0.15, 0.2) is 78.4 Å². The first-order chi connectivity index (χ1) is 11.1. The van der Waals surface area contributed by atoms with Gasteiger partial charge in [0.2, 0.25) is 0 Å². The minimum atomic E-state index is 1.20. The molecule has 1 aromatic carbocycles. The molecule has 0 unspecified atom stereocenters. The average molecular weight is 305 g/mol. The molecule has 1 aromatic rings. The van der Waals surface area contributed by atoms with Crippen molar-refractivity contribution in [2.75, 3.05) is 33.1 Å². The van der Waals surface area contributed by atoms with Crippen LogP contribution in [0.3, 0.4) is 0 Å². The van der Waals surface area contributed by atoms with Gasteiger partial charge >= 0.3 is 0 Å². The Kier molecular flexibility index (Phi) is 5.93. The van der Waals surface area contributed by atoms with Crippen molar-refractivity contribution in [3.05, 3.63) is 84.0 Å². The molecule has 1 aliphatic rings. The van der Waals surface area contributed by atoms with Crippen LogP contribution >= 0.6 is 0 Å². The van der Waals surface area contributed by atoms with Crippen LogP contribution < -0.4 is 4.90 Å². The lowest BCUT2D eigenvalue weighted by Gasteiger charge is -2.11. The fraction of sp³-hybridized carbons (Fsp3) is 0.190. The number of nitrogens with zero attached hydrogens (tertiary/aromatic N) is 2. The molecule has 0 saturated carbocycles. The SMILES string of the molecule is CN(C)c1ccc(C=CC=CC=C2C=CC(=[N+](C)C)C=C2)cc1. The van der Waals surface area contributed by atoms with Crippen LogP contribution in [0.25, 0.3) is 6.08 Å². The molecule has 0 heterocycles. The Morgan fingerprint density at radius 2 is 1.48 bits per heavy atom. The third-order valence-electron chi connectivity index (χ3n) is 3.62. The molecule has 2 heteroatoms. The molecule has 0 saturated heterocycles. The summed E-state index contributed by atoms with van der Waals surface area (Å²) in [5, 5.41) is 0. The van der Waals surface area contributed by atoms with Gasteiger partial charge in [0.15, 0.2) is 5.71 Å². The topological polar surface area (TPSA) is 6.25 Å². The van der Waals surface area contributed by atoms with Gasteiger partial charge < -0.3 is 4.90 Å². The Labute approximate surface area is 139 Å². The summed E-state index contributed by atoms with van der Waals surface area (Å²) >= 11 is 0. The van der Waals surface area contributed by atoms with E-state index in [4.69, 9.17) is 0 Å². The van der Waals surface area contributed by atoms with Gasteiger partial charge in [0.1, 0.15) is 14.1 Å².